The molecule has 0 spiro atoms. The van der Waals surface area contributed by atoms with Crippen molar-refractivity contribution in [2.75, 3.05) is 23.7 Å². The Balaban J connectivity index is 2.28. The van der Waals surface area contributed by atoms with Crippen molar-refractivity contribution in [1.29, 1.82) is 0 Å². The summed E-state index contributed by atoms with van der Waals surface area (Å²) in [5.41, 5.74) is 12.9. The Bertz CT molecular complexity index is 365. The van der Waals surface area contributed by atoms with Crippen LogP contribution in [0.5, 0.6) is 0 Å². The first-order valence-corrected chi connectivity index (χ1v) is 5.82. The van der Waals surface area contributed by atoms with Crippen LogP contribution < -0.4 is 16.4 Å². The molecule has 0 aromatic carbocycles. The molecule has 5 heteroatoms. The first-order valence-electron chi connectivity index (χ1n) is 5.82. The van der Waals surface area contributed by atoms with E-state index in [0.717, 1.165) is 43.7 Å². The van der Waals surface area contributed by atoms with Crippen LogP contribution in [0.4, 0.5) is 11.6 Å². The van der Waals surface area contributed by atoms with Crippen LogP contribution in [0.3, 0.4) is 0 Å². The Labute approximate surface area is 95.9 Å². The highest BCUT2D eigenvalue weighted by Gasteiger charge is 2.20. The molecule has 1 aliphatic rings. The summed E-state index contributed by atoms with van der Waals surface area (Å²) in [5, 5.41) is 0. The number of nitrogen functional groups attached to an aromatic ring is 1. The van der Waals surface area contributed by atoms with Crippen LogP contribution in [-0.2, 0) is 6.42 Å². The minimum atomic E-state index is 0.245. The molecule has 0 aliphatic carbocycles. The van der Waals surface area contributed by atoms with Gasteiger partial charge in [-0.1, -0.05) is 6.92 Å². The van der Waals surface area contributed by atoms with Crippen molar-refractivity contribution in [2.24, 2.45) is 5.73 Å². The summed E-state index contributed by atoms with van der Waals surface area (Å²) < 4.78 is 0. The Kier molecular flexibility index (Phi) is 3.24. The van der Waals surface area contributed by atoms with E-state index in [4.69, 9.17) is 11.5 Å². The molecule has 88 valence electrons. The fraction of sp³-hybridized carbons (Fsp3) is 0.636. The predicted molar refractivity (Wildman–Crippen MR) is 65.2 cm³/mol. The normalized spacial score (nSPS) is 21.1. The molecule has 1 aliphatic heterocycles. The summed E-state index contributed by atoms with van der Waals surface area (Å²) in [4.78, 5) is 10.6. The quantitative estimate of drug-likeness (QED) is 0.762. The lowest BCUT2D eigenvalue weighted by Crippen LogP contribution is -2.43. The van der Waals surface area contributed by atoms with Crippen molar-refractivity contribution < 1.29 is 0 Å². The van der Waals surface area contributed by atoms with Gasteiger partial charge in [0.1, 0.15) is 18.0 Å². The highest BCUT2D eigenvalue weighted by atomic mass is 15.2. The fourth-order valence-electron chi connectivity index (χ4n) is 2.23. The largest absolute Gasteiger partial charge is 0.383 e. The summed E-state index contributed by atoms with van der Waals surface area (Å²) in [6, 6.07) is 0.245. The van der Waals surface area contributed by atoms with Crippen LogP contribution in [0.15, 0.2) is 6.33 Å². The topological polar surface area (TPSA) is 81.1 Å². The Morgan fingerprint density at radius 1 is 1.50 bits per heavy atom. The third-order valence-electron chi connectivity index (χ3n) is 3.07. The van der Waals surface area contributed by atoms with Crippen molar-refractivity contribution in [3.8, 4) is 0 Å². The van der Waals surface area contributed by atoms with E-state index in [-0.39, 0.29) is 6.04 Å². The molecule has 1 fully saturated rings. The molecular formula is C11H19N5. The standard InChI is InChI=1S/C11H19N5/c1-2-9-10(13)14-7-15-11(9)16-5-3-4-8(12)6-16/h7-8H,2-6,12H2,1H3,(H2,13,14,15). The van der Waals surface area contributed by atoms with Gasteiger partial charge in [0, 0.05) is 24.7 Å². The van der Waals surface area contributed by atoms with E-state index in [0.29, 0.717) is 5.82 Å². The minimum Gasteiger partial charge on any atom is -0.383 e. The third kappa shape index (κ3) is 2.09. The van der Waals surface area contributed by atoms with Crippen LogP contribution in [0.1, 0.15) is 25.3 Å². The van der Waals surface area contributed by atoms with Gasteiger partial charge in [0.15, 0.2) is 0 Å². The van der Waals surface area contributed by atoms with Crippen molar-refractivity contribution in [3.63, 3.8) is 0 Å². The van der Waals surface area contributed by atoms with Gasteiger partial charge in [0.2, 0.25) is 0 Å². The maximum absolute atomic E-state index is 5.98. The van der Waals surface area contributed by atoms with E-state index in [2.05, 4.69) is 21.8 Å². The monoisotopic (exact) mass is 221 g/mol. The second-order valence-electron chi connectivity index (χ2n) is 4.26. The number of piperidine rings is 1. The Morgan fingerprint density at radius 3 is 3.00 bits per heavy atom. The summed E-state index contributed by atoms with van der Waals surface area (Å²) in [6.07, 6.45) is 4.60. The van der Waals surface area contributed by atoms with Crippen molar-refractivity contribution >= 4 is 11.6 Å². The zero-order valence-corrected chi connectivity index (χ0v) is 9.69. The van der Waals surface area contributed by atoms with Crippen LogP contribution in [0.25, 0.3) is 0 Å². The molecule has 2 heterocycles. The van der Waals surface area contributed by atoms with Gasteiger partial charge in [-0.15, -0.1) is 0 Å². The molecule has 5 nitrogen and oxygen atoms in total. The van der Waals surface area contributed by atoms with Crippen molar-refractivity contribution in [1.82, 2.24) is 9.97 Å². The molecule has 16 heavy (non-hydrogen) atoms. The summed E-state index contributed by atoms with van der Waals surface area (Å²) in [5.74, 6) is 1.55. The number of aromatic nitrogens is 2. The van der Waals surface area contributed by atoms with Crippen LogP contribution in [0.2, 0.25) is 0 Å². The molecule has 1 unspecified atom stereocenters. The predicted octanol–water partition coefficient (Wildman–Crippen LogP) is 0.549. The van der Waals surface area contributed by atoms with Crippen LogP contribution >= 0.6 is 0 Å². The fourth-order valence-corrected chi connectivity index (χ4v) is 2.23. The average molecular weight is 221 g/mol. The first-order chi connectivity index (χ1) is 7.72. The lowest BCUT2D eigenvalue weighted by atomic mass is 10.1. The number of anilines is 2. The zero-order valence-electron chi connectivity index (χ0n) is 9.69. The average Bonchev–Trinajstić information content (AvgIpc) is 2.28. The van der Waals surface area contributed by atoms with Gasteiger partial charge in [-0.25, -0.2) is 9.97 Å². The van der Waals surface area contributed by atoms with Gasteiger partial charge in [-0.05, 0) is 19.3 Å². The smallest absolute Gasteiger partial charge is 0.137 e. The van der Waals surface area contributed by atoms with Crippen LogP contribution in [0, 0.1) is 0 Å². The van der Waals surface area contributed by atoms with E-state index in [1.807, 2.05) is 0 Å². The zero-order chi connectivity index (χ0) is 11.5. The molecular weight excluding hydrogens is 202 g/mol. The molecule has 1 aromatic rings. The van der Waals surface area contributed by atoms with Gasteiger partial charge < -0.3 is 16.4 Å². The highest BCUT2D eigenvalue weighted by molar-refractivity contribution is 5.56. The van der Waals surface area contributed by atoms with Gasteiger partial charge in [-0.2, -0.15) is 0 Å². The molecule has 1 saturated heterocycles. The van der Waals surface area contributed by atoms with Gasteiger partial charge in [-0.3, -0.25) is 0 Å². The van der Waals surface area contributed by atoms with Crippen molar-refractivity contribution in [3.05, 3.63) is 11.9 Å². The van der Waals surface area contributed by atoms with Gasteiger partial charge in [0.05, 0.1) is 0 Å². The molecule has 0 saturated carbocycles. The number of hydrogen-bond donors (Lipinski definition) is 2. The second-order valence-corrected chi connectivity index (χ2v) is 4.26. The van der Waals surface area contributed by atoms with Crippen molar-refractivity contribution in [2.45, 2.75) is 32.2 Å². The van der Waals surface area contributed by atoms with E-state index >= 15 is 0 Å². The molecule has 1 aromatic heterocycles. The number of rotatable bonds is 2. The minimum absolute atomic E-state index is 0.245. The van der Waals surface area contributed by atoms with Crippen LogP contribution in [-0.4, -0.2) is 29.1 Å². The summed E-state index contributed by atoms with van der Waals surface area (Å²) >= 11 is 0. The van der Waals surface area contributed by atoms with Gasteiger partial charge in [0.25, 0.3) is 0 Å². The second kappa shape index (κ2) is 4.65. The lowest BCUT2D eigenvalue weighted by Gasteiger charge is -2.32. The molecule has 4 N–H and O–H groups in total. The SMILES string of the molecule is CCc1c(N)ncnc1N1CCCC(N)C1. The molecule has 2 rings (SSSR count). The first kappa shape index (κ1) is 11.1. The number of nitrogens with two attached hydrogens (primary N) is 2. The summed E-state index contributed by atoms with van der Waals surface area (Å²) in [6.45, 7) is 3.95. The third-order valence-corrected chi connectivity index (χ3v) is 3.07. The Hall–Kier alpha value is -1.36. The van der Waals surface area contributed by atoms with E-state index in [1.54, 1.807) is 0 Å². The van der Waals surface area contributed by atoms with Gasteiger partial charge >= 0.3 is 0 Å². The summed E-state index contributed by atoms with van der Waals surface area (Å²) in [7, 11) is 0. The molecule has 1 atom stereocenters. The molecule has 0 radical (unpaired) electrons. The van der Waals surface area contributed by atoms with E-state index < -0.39 is 0 Å². The van der Waals surface area contributed by atoms with E-state index in [9.17, 15) is 0 Å². The maximum Gasteiger partial charge on any atom is 0.137 e. The number of nitrogens with zero attached hydrogens (tertiary/aromatic N) is 3. The number of hydrogen-bond acceptors (Lipinski definition) is 5. The highest BCUT2D eigenvalue weighted by Crippen LogP contribution is 2.24. The van der Waals surface area contributed by atoms with E-state index in [1.165, 1.54) is 6.33 Å². The molecule has 0 amide bonds. The maximum atomic E-state index is 5.98. The molecule has 0 bridgehead atoms. The lowest BCUT2D eigenvalue weighted by molar-refractivity contribution is 0.502. The Morgan fingerprint density at radius 2 is 2.31 bits per heavy atom.